The zero-order chi connectivity index (χ0) is 30.2. The van der Waals surface area contributed by atoms with Crippen LogP contribution in [0.1, 0.15) is 29.3 Å². The fourth-order valence-electron chi connectivity index (χ4n) is 6.09. The van der Waals surface area contributed by atoms with Crippen LogP contribution in [0.15, 0.2) is 140 Å². The van der Waals surface area contributed by atoms with Crippen LogP contribution in [0.4, 0.5) is 0 Å². The van der Waals surface area contributed by atoms with Gasteiger partial charge in [0.05, 0.1) is 28.1 Å². The first-order chi connectivity index (χ1) is 22.2. The molecule has 1 aliphatic rings. The Balaban J connectivity index is 1.28. The van der Waals surface area contributed by atoms with E-state index in [9.17, 15) is 0 Å². The first kappa shape index (κ1) is 26.8. The van der Waals surface area contributed by atoms with Crippen LogP contribution in [0.25, 0.3) is 61.3 Å². The Labute approximate surface area is 261 Å². The zero-order valence-electron chi connectivity index (χ0n) is 24.8. The molecule has 5 nitrogen and oxygen atoms in total. The molecule has 0 aliphatic heterocycles. The average molecular weight is 580 g/mol. The van der Waals surface area contributed by atoms with Gasteiger partial charge in [-0.3, -0.25) is 9.97 Å². The second kappa shape index (κ2) is 11.4. The Kier molecular flexibility index (Phi) is 6.76. The van der Waals surface area contributed by atoms with Crippen molar-refractivity contribution in [3.8, 4) is 33.9 Å². The van der Waals surface area contributed by atoms with E-state index in [1.807, 2.05) is 49.5 Å². The van der Waals surface area contributed by atoms with E-state index < -0.39 is 0 Å². The number of allylic oxidation sites excluding steroid dienone is 4. The molecule has 8 rings (SSSR count). The molecule has 4 heterocycles. The SMILES string of the molecule is Cc1cc(-c2nc(C3=CCC(c4ccccc4)C=C3)cc(-c3ccccc3)n2)c2ccc3ccc(-c4cccnc4)nc3c2n1. The number of nitrogens with zero attached hydrogens (tertiary/aromatic N) is 5. The third-order valence-electron chi connectivity index (χ3n) is 8.38. The van der Waals surface area contributed by atoms with Crippen LogP contribution < -0.4 is 0 Å². The normalized spacial score (nSPS) is 14.5. The molecule has 0 amide bonds. The highest BCUT2D eigenvalue weighted by molar-refractivity contribution is 6.08. The molecular formula is C40H29N5. The lowest BCUT2D eigenvalue weighted by molar-refractivity contribution is 0.855. The summed E-state index contributed by atoms with van der Waals surface area (Å²) >= 11 is 0. The minimum Gasteiger partial charge on any atom is -0.264 e. The predicted octanol–water partition coefficient (Wildman–Crippen LogP) is 9.40. The van der Waals surface area contributed by atoms with Crippen LogP contribution in [0.3, 0.4) is 0 Å². The van der Waals surface area contributed by atoms with E-state index in [1.165, 1.54) is 5.56 Å². The minimum atomic E-state index is 0.356. The Morgan fingerprint density at radius 1 is 0.644 bits per heavy atom. The van der Waals surface area contributed by atoms with Gasteiger partial charge in [-0.25, -0.2) is 15.0 Å². The van der Waals surface area contributed by atoms with Crippen molar-refractivity contribution in [3.05, 3.63) is 157 Å². The second-order valence-corrected chi connectivity index (χ2v) is 11.4. The molecule has 0 radical (unpaired) electrons. The van der Waals surface area contributed by atoms with Crippen molar-refractivity contribution in [2.75, 3.05) is 0 Å². The van der Waals surface area contributed by atoms with Crippen LogP contribution >= 0.6 is 0 Å². The summed E-state index contributed by atoms with van der Waals surface area (Å²) in [7, 11) is 0. The molecule has 0 saturated heterocycles. The van der Waals surface area contributed by atoms with Gasteiger partial charge in [-0.2, -0.15) is 0 Å². The van der Waals surface area contributed by atoms with E-state index in [0.29, 0.717) is 11.7 Å². The van der Waals surface area contributed by atoms with Crippen LogP contribution in [0, 0.1) is 6.92 Å². The van der Waals surface area contributed by atoms with Gasteiger partial charge in [0.1, 0.15) is 0 Å². The molecule has 1 unspecified atom stereocenters. The smallest absolute Gasteiger partial charge is 0.161 e. The van der Waals surface area contributed by atoms with E-state index in [1.54, 1.807) is 6.20 Å². The lowest BCUT2D eigenvalue weighted by Crippen LogP contribution is -2.02. The Morgan fingerprint density at radius 2 is 1.42 bits per heavy atom. The molecule has 0 saturated carbocycles. The molecule has 0 spiro atoms. The number of pyridine rings is 3. The maximum atomic E-state index is 5.20. The Bertz CT molecular complexity index is 2240. The highest BCUT2D eigenvalue weighted by Crippen LogP contribution is 2.35. The van der Waals surface area contributed by atoms with Crippen LogP contribution in [-0.2, 0) is 0 Å². The maximum Gasteiger partial charge on any atom is 0.161 e. The third kappa shape index (κ3) is 5.19. The summed E-state index contributed by atoms with van der Waals surface area (Å²) in [5.74, 6) is 1.03. The molecular weight excluding hydrogens is 550 g/mol. The molecule has 4 aromatic heterocycles. The Hall–Kier alpha value is -5.81. The van der Waals surface area contributed by atoms with E-state index in [4.69, 9.17) is 19.9 Å². The van der Waals surface area contributed by atoms with Crippen molar-refractivity contribution in [3.63, 3.8) is 0 Å². The largest absolute Gasteiger partial charge is 0.264 e. The molecule has 214 valence electrons. The fourth-order valence-corrected chi connectivity index (χ4v) is 6.09. The van der Waals surface area contributed by atoms with E-state index >= 15 is 0 Å². The highest BCUT2D eigenvalue weighted by Gasteiger charge is 2.18. The molecule has 3 aromatic carbocycles. The van der Waals surface area contributed by atoms with Gasteiger partial charge >= 0.3 is 0 Å². The monoisotopic (exact) mass is 579 g/mol. The molecule has 0 bridgehead atoms. The summed E-state index contributed by atoms with van der Waals surface area (Å²) < 4.78 is 0. The molecule has 7 aromatic rings. The number of fused-ring (bicyclic) bond motifs is 3. The van der Waals surface area contributed by atoms with Crippen molar-refractivity contribution in [2.24, 2.45) is 0 Å². The molecule has 1 atom stereocenters. The van der Waals surface area contributed by atoms with E-state index in [0.717, 1.165) is 73.3 Å². The zero-order valence-corrected chi connectivity index (χ0v) is 24.8. The van der Waals surface area contributed by atoms with Gasteiger partial charge < -0.3 is 0 Å². The minimum absolute atomic E-state index is 0.356. The van der Waals surface area contributed by atoms with E-state index in [-0.39, 0.29) is 0 Å². The topological polar surface area (TPSA) is 64.5 Å². The average Bonchev–Trinajstić information content (AvgIpc) is 3.12. The second-order valence-electron chi connectivity index (χ2n) is 11.4. The number of aryl methyl sites for hydroxylation is 1. The predicted molar refractivity (Wildman–Crippen MR) is 182 cm³/mol. The number of hydrogen-bond donors (Lipinski definition) is 0. The number of hydrogen-bond acceptors (Lipinski definition) is 5. The highest BCUT2D eigenvalue weighted by atomic mass is 14.9. The molecule has 0 fully saturated rings. The van der Waals surface area contributed by atoms with Crippen molar-refractivity contribution in [2.45, 2.75) is 19.3 Å². The summed E-state index contributed by atoms with van der Waals surface area (Å²) in [4.78, 5) is 24.7. The first-order valence-corrected chi connectivity index (χ1v) is 15.2. The molecule has 0 N–H and O–H groups in total. The van der Waals surface area contributed by atoms with Crippen LogP contribution in [0.5, 0.6) is 0 Å². The summed E-state index contributed by atoms with van der Waals surface area (Å²) in [5, 5.41) is 2.00. The van der Waals surface area contributed by atoms with Crippen LogP contribution in [0.2, 0.25) is 0 Å². The number of rotatable bonds is 5. The quantitative estimate of drug-likeness (QED) is 0.190. The summed E-state index contributed by atoms with van der Waals surface area (Å²) in [6.07, 6.45) is 11.3. The summed E-state index contributed by atoms with van der Waals surface area (Å²) in [5.41, 5.74) is 10.6. The molecule has 5 heteroatoms. The number of aromatic nitrogens is 5. The summed E-state index contributed by atoms with van der Waals surface area (Å²) in [6.45, 7) is 2.02. The van der Waals surface area contributed by atoms with Crippen molar-refractivity contribution < 1.29 is 0 Å². The standard InChI is InChI=1S/C40H29N5/c1-26-23-34(33-20-18-31-19-21-35(32-13-8-22-41-25-32)43-38(31)39(33)42-26)40-44-36(29-11-6-3-7-12-29)24-37(45-40)30-16-14-28(15-17-30)27-9-4-2-5-10-27/h2-14,16-25,28H,15H2,1H3. The van der Waals surface area contributed by atoms with Gasteiger partial charge in [-0.15, -0.1) is 0 Å². The number of benzene rings is 3. The van der Waals surface area contributed by atoms with Crippen molar-refractivity contribution in [1.29, 1.82) is 0 Å². The lowest BCUT2D eigenvalue weighted by atomic mass is 9.89. The third-order valence-corrected chi connectivity index (χ3v) is 8.38. The maximum absolute atomic E-state index is 5.20. The molecule has 1 aliphatic carbocycles. The fraction of sp³-hybridized carbons (Fsp3) is 0.0750. The summed E-state index contributed by atoms with van der Waals surface area (Å²) in [6, 6.07) is 37.5. The first-order valence-electron chi connectivity index (χ1n) is 15.2. The van der Waals surface area contributed by atoms with Gasteiger partial charge in [-0.1, -0.05) is 97.1 Å². The van der Waals surface area contributed by atoms with E-state index in [2.05, 4.69) is 96.0 Å². The Morgan fingerprint density at radius 3 is 2.20 bits per heavy atom. The van der Waals surface area contributed by atoms with Crippen molar-refractivity contribution in [1.82, 2.24) is 24.9 Å². The van der Waals surface area contributed by atoms with Gasteiger partial charge in [0.15, 0.2) is 5.82 Å². The molecule has 45 heavy (non-hydrogen) atoms. The van der Waals surface area contributed by atoms with Gasteiger partial charge in [0, 0.05) is 51.5 Å². The lowest BCUT2D eigenvalue weighted by Gasteiger charge is -2.17. The van der Waals surface area contributed by atoms with Crippen molar-refractivity contribution >= 4 is 27.4 Å². The van der Waals surface area contributed by atoms with Gasteiger partial charge in [-0.05, 0) is 54.8 Å². The van der Waals surface area contributed by atoms with Gasteiger partial charge in [0.25, 0.3) is 0 Å². The van der Waals surface area contributed by atoms with Crippen LogP contribution in [-0.4, -0.2) is 24.9 Å². The van der Waals surface area contributed by atoms with Gasteiger partial charge in [0.2, 0.25) is 0 Å².